The zero-order valence-electron chi connectivity index (χ0n) is 10.8. The molecule has 1 aromatic rings. The summed E-state index contributed by atoms with van der Waals surface area (Å²) in [5.74, 6) is 0.691. The highest BCUT2D eigenvalue weighted by Gasteiger charge is 2.07. The fraction of sp³-hybridized carbons (Fsp3) is 0.583. The first-order chi connectivity index (χ1) is 8.59. The average molecular weight is 256 g/mol. The topological polar surface area (TPSA) is 74.9 Å². The first-order valence-corrected chi connectivity index (χ1v) is 5.78. The highest BCUT2D eigenvalue weighted by atomic mass is 16.5. The molecule has 1 amide bonds. The number of nitrogens with zero attached hydrogens (tertiary/aromatic N) is 1. The van der Waals surface area contributed by atoms with Crippen molar-refractivity contribution in [2.75, 3.05) is 33.8 Å². The van der Waals surface area contributed by atoms with Crippen molar-refractivity contribution in [3.05, 3.63) is 24.2 Å². The van der Waals surface area contributed by atoms with Gasteiger partial charge in [-0.3, -0.25) is 4.79 Å². The number of likely N-dealkylation sites (N-methyl/N-ethyl adjacent to an activating group) is 1. The summed E-state index contributed by atoms with van der Waals surface area (Å²) in [4.78, 5) is 12.7. The molecule has 0 fully saturated rings. The van der Waals surface area contributed by atoms with Crippen LogP contribution in [0.4, 0.5) is 0 Å². The van der Waals surface area contributed by atoms with Crippen molar-refractivity contribution in [1.82, 2.24) is 10.2 Å². The molecule has 0 aliphatic rings. The predicted molar refractivity (Wildman–Crippen MR) is 65.9 cm³/mol. The van der Waals surface area contributed by atoms with Crippen molar-refractivity contribution in [2.45, 2.75) is 12.7 Å². The third kappa shape index (κ3) is 5.81. The standard InChI is InChI=1S/C12H20N2O4/c1-14(2)12(16)7-13-6-10(15)8-17-9-11-4-3-5-18-11/h3-5,10,13,15H,6-9H2,1-2H3. The van der Waals surface area contributed by atoms with Gasteiger partial charge in [-0.05, 0) is 12.1 Å². The Kier molecular flexibility index (Phi) is 6.42. The van der Waals surface area contributed by atoms with Crippen molar-refractivity contribution < 1.29 is 19.1 Å². The van der Waals surface area contributed by atoms with Crippen molar-refractivity contribution in [3.8, 4) is 0 Å². The van der Waals surface area contributed by atoms with Crippen molar-refractivity contribution >= 4 is 5.91 Å². The number of hydrogen-bond acceptors (Lipinski definition) is 5. The summed E-state index contributed by atoms with van der Waals surface area (Å²) < 4.78 is 10.3. The molecular weight excluding hydrogens is 236 g/mol. The second-order valence-electron chi connectivity index (χ2n) is 4.17. The van der Waals surface area contributed by atoms with Crippen molar-refractivity contribution in [2.24, 2.45) is 0 Å². The minimum Gasteiger partial charge on any atom is -0.467 e. The van der Waals surface area contributed by atoms with Crippen LogP contribution in [-0.2, 0) is 16.1 Å². The summed E-state index contributed by atoms with van der Waals surface area (Å²) in [6.07, 6.45) is 0.929. The van der Waals surface area contributed by atoms with E-state index >= 15 is 0 Å². The van der Waals surface area contributed by atoms with Gasteiger partial charge in [0.15, 0.2) is 0 Å². The van der Waals surface area contributed by atoms with Gasteiger partial charge in [0.2, 0.25) is 5.91 Å². The van der Waals surface area contributed by atoms with Gasteiger partial charge in [0.1, 0.15) is 12.4 Å². The second-order valence-corrected chi connectivity index (χ2v) is 4.17. The quantitative estimate of drug-likeness (QED) is 0.676. The molecule has 2 N–H and O–H groups in total. The normalized spacial score (nSPS) is 12.4. The molecule has 18 heavy (non-hydrogen) atoms. The van der Waals surface area contributed by atoms with Crippen molar-refractivity contribution in [1.29, 1.82) is 0 Å². The third-order valence-corrected chi connectivity index (χ3v) is 2.29. The van der Waals surface area contributed by atoms with Gasteiger partial charge in [0.25, 0.3) is 0 Å². The number of hydrogen-bond donors (Lipinski definition) is 2. The lowest BCUT2D eigenvalue weighted by molar-refractivity contribution is -0.127. The Labute approximate surface area is 107 Å². The summed E-state index contributed by atoms with van der Waals surface area (Å²) >= 11 is 0. The van der Waals surface area contributed by atoms with Gasteiger partial charge < -0.3 is 24.5 Å². The molecule has 1 heterocycles. The molecule has 6 heteroatoms. The summed E-state index contributed by atoms with van der Waals surface area (Å²) in [5.41, 5.74) is 0. The SMILES string of the molecule is CN(C)C(=O)CNCC(O)COCc1ccco1. The van der Waals surface area contributed by atoms with Gasteiger partial charge in [-0.2, -0.15) is 0 Å². The largest absolute Gasteiger partial charge is 0.467 e. The fourth-order valence-corrected chi connectivity index (χ4v) is 1.25. The molecule has 0 bridgehead atoms. The number of carbonyl (C=O) groups is 1. The van der Waals surface area contributed by atoms with E-state index in [2.05, 4.69) is 5.32 Å². The molecule has 1 atom stereocenters. The molecular formula is C12H20N2O4. The number of furan rings is 1. The molecule has 0 radical (unpaired) electrons. The minimum absolute atomic E-state index is 0.0290. The lowest BCUT2D eigenvalue weighted by atomic mass is 10.3. The monoisotopic (exact) mass is 256 g/mol. The maximum atomic E-state index is 11.2. The molecule has 0 saturated heterocycles. The minimum atomic E-state index is -0.644. The number of rotatable bonds is 8. The Morgan fingerprint density at radius 2 is 2.39 bits per heavy atom. The Morgan fingerprint density at radius 3 is 3.00 bits per heavy atom. The van der Waals surface area contributed by atoms with E-state index < -0.39 is 6.10 Å². The van der Waals surface area contributed by atoms with Crippen LogP contribution >= 0.6 is 0 Å². The van der Waals surface area contributed by atoms with E-state index in [-0.39, 0.29) is 19.1 Å². The number of aliphatic hydroxyl groups excluding tert-OH is 1. The number of amides is 1. The maximum absolute atomic E-state index is 11.2. The van der Waals surface area contributed by atoms with Crippen LogP contribution in [0, 0.1) is 0 Å². The highest BCUT2D eigenvalue weighted by Crippen LogP contribution is 2.01. The van der Waals surface area contributed by atoms with E-state index in [4.69, 9.17) is 9.15 Å². The van der Waals surface area contributed by atoms with Crippen molar-refractivity contribution in [3.63, 3.8) is 0 Å². The zero-order chi connectivity index (χ0) is 13.4. The third-order valence-electron chi connectivity index (χ3n) is 2.29. The summed E-state index contributed by atoms with van der Waals surface area (Å²) in [6, 6.07) is 3.59. The van der Waals surface area contributed by atoms with Crippen LogP contribution in [0.3, 0.4) is 0 Å². The number of nitrogens with one attached hydrogen (secondary N) is 1. The van der Waals surface area contributed by atoms with E-state index in [1.165, 1.54) is 4.90 Å². The highest BCUT2D eigenvalue weighted by molar-refractivity contribution is 5.77. The van der Waals surface area contributed by atoms with Gasteiger partial charge in [0, 0.05) is 20.6 Å². The molecule has 1 rings (SSSR count). The van der Waals surface area contributed by atoms with Gasteiger partial charge >= 0.3 is 0 Å². The van der Waals surface area contributed by atoms with E-state index in [0.717, 1.165) is 5.76 Å². The Bertz CT molecular complexity index is 338. The summed E-state index contributed by atoms with van der Waals surface area (Å²) in [5, 5.41) is 12.5. The van der Waals surface area contributed by atoms with Gasteiger partial charge in [0.05, 0.1) is 25.5 Å². The smallest absolute Gasteiger partial charge is 0.236 e. The Hall–Kier alpha value is -1.37. The van der Waals surface area contributed by atoms with Crippen LogP contribution in [0.1, 0.15) is 5.76 Å². The molecule has 1 unspecified atom stereocenters. The van der Waals surface area contributed by atoms with Crippen LogP contribution < -0.4 is 5.32 Å². The number of aliphatic hydroxyl groups is 1. The van der Waals surface area contributed by atoms with Crippen LogP contribution in [0.2, 0.25) is 0 Å². The maximum Gasteiger partial charge on any atom is 0.236 e. The lowest BCUT2D eigenvalue weighted by Crippen LogP contribution is -2.38. The van der Waals surface area contributed by atoms with Gasteiger partial charge in [-0.15, -0.1) is 0 Å². The first kappa shape index (κ1) is 14.7. The van der Waals surface area contributed by atoms with Crippen LogP contribution in [0.25, 0.3) is 0 Å². The fourth-order valence-electron chi connectivity index (χ4n) is 1.25. The van der Waals surface area contributed by atoms with E-state index in [1.54, 1.807) is 32.5 Å². The van der Waals surface area contributed by atoms with Crippen LogP contribution in [0.5, 0.6) is 0 Å². The summed E-state index contributed by atoms with van der Waals surface area (Å²) in [7, 11) is 3.37. The molecule has 0 spiro atoms. The Balaban J connectivity index is 2.03. The molecule has 0 saturated carbocycles. The number of ether oxygens (including phenoxy) is 1. The average Bonchev–Trinajstić information content (AvgIpc) is 2.81. The Morgan fingerprint density at radius 1 is 1.61 bits per heavy atom. The van der Waals surface area contributed by atoms with E-state index in [9.17, 15) is 9.90 Å². The first-order valence-electron chi connectivity index (χ1n) is 5.78. The van der Waals surface area contributed by atoms with Gasteiger partial charge in [-0.1, -0.05) is 0 Å². The van der Waals surface area contributed by atoms with E-state index in [0.29, 0.717) is 13.2 Å². The van der Waals surface area contributed by atoms with Crippen LogP contribution in [0.15, 0.2) is 22.8 Å². The lowest BCUT2D eigenvalue weighted by Gasteiger charge is -2.14. The molecule has 102 valence electrons. The molecule has 0 aliphatic carbocycles. The van der Waals surface area contributed by atoms with Crippen LogP contribution in [-0.4, -0.2) is 55.8 Å². The molecule has 1 aromatic heterocycles. The summed E-state index contributed by atoms with van der Waals surface area (Å²) in [6.45, 7) is 1.06. The molecule has 0 aromatic carbocycles. The van der Waals surface area contributed by atoms with Gasteiger partial charge in [-0.25, -0.2) is 0 Å². The molecule has 0 aliphatic heterocycles. The molecule has 6 nitrogen and oxygen atoms in total. The van der Waals surface area contributed by atoms with E-state index in [1.807, 2.05) is 0 Å². The number of carbonyl (C=O) groups excluding carboxylic acids is 1. The second kappa shape index (κ2) is 7.86. The predicted octanol–water partition coefficient (Wildman–Crippen LogP) is -0.165. The zero-order valence-corrected chi connectivity index (χ0v) is 10.8.